The fraction of sp³-hybridized carbons (Fsp3) is 0.480. The molecule has 162 valence electrons. The Morgan fingerprint density at radius 1 is 1.13 bits per heavy atom. The Labute approximate surface area is 183 Å². The van der Waals surface area contributed by atoms with Gasteiger partial charge in [-0.15, -0.1) is 0 Å². The third-order valence-corrected chi connectivity index (χ3v) is 7.00. The Morgan fingerprint density at radius 2 is 2.00 bits per heavy atom. The molecule has 1 fully saturated rings. The molecule has 4 heterocycles. The molecule has 1 saturated heterocycles. The van der Waals surface area contributed by atoms with Gasteiger partial charge in [0, 0.05) is 49.7 Å². The highest BCUT2D eigenvalue weighted by Gasteiger charge is 2.29. The molecule has 6 nitrogen and oxygen atoms in total. The molecule has 3 aliphatic rings. The summed E-state index contributed by atoms with van der Waals surface area (Å²) in [5.74, 6) is 1.16. The standard InChI is InChI=1S/C25H30N4O2/c1-3-27-16-20-14-21(9-10-22(20)25(27)31)29-12-6-8-18-13-19(15-26-23(18)29)24(30)28-11-5-4-7-17(28)2/h9-10,13-15,17H,3-8,11-12,16H2,1-2H3/t17-/m1/s1. The van der Waals surface area contributed by atoms with Crippen molar-refractivity contribution >= 4 is 23.3 Å². The van der Waals surface area contributed by atoms with E-state index in [1.807, 2.05) is 34.9 Å². The number of benzene rings is 1. The van der Waals surface area contributed by atoms with Crippen LogP contribution in [0, 0.1) is 0 Å². The zero-order valence-corrected chi connectivity index (χ0v) is 18.4. The molecule has 0 aliphatic carbocycles. The van der Waals surface area contributed by atoms with Crippen molar-refractivity contribution in [2.24, 2.45) is 0 Å². The highest BCUT2D eigenvalue weighted by Crippen LogP contribution is 2.35. The molecule has 0 spiro atoms. The van der Waals surface area contributed by atoms with E-state index in [4.69, 9.17) is 4.98 Å². The van der Waals surface area contributed by atoms with Crippen LogP contribution in [-0.2, 0) is 13.0 Å². The summed E-state index contributed by atoms with van der Waals surface area (Å²) in [4.78, 5) is 36.4. The lowest BCUT2D eigenvalue weighted by molar-refractivity contribution is 0.0634. The number of carbonyl (C=O) groups excluding carboxylic acids is 2. The summed E-state index contributed by atoms with van der Waals surface area (Å²) in [6, 6.07) is 8.46. The van der Waals surface area contributed by atoms with Gasteiger partial charge in [-0.05, 0) is 81.3 Å². The minimum atomic E-state index is 0.107. The Kier molecular flexibility index (Phi) is 5.16. The second-order valence-corrected chi connectivity index (χ2v) is 8.97. The minimum Gasteiger partial charge on any atom is -0.336 e. The average Bonchev–Trinajstić information content (AvgIpc) is 3.13. The molecule has 0 saturated carbocycles. The Balaban J connectivity index is 1.43. The Morgan fingerprint density at radius 3 is 2.81 bits per heavy atom. The van der Waals surface area contributed by atoms with Crippen LogP contribution in [0.15, 0.2) is 30.5 Å². The molecule has 3 aliphatic heterocycles. The van der Waals surface area contributed by atoms with Gasteiger partial charge in [-0.2, -0.15) is 0 Å². The number of pyridine rings is 1. The van der Waals surface area contributed by atoms with E-state index < -0.39 is 0 Å². The van der Waals surface area contributed by atoms with Crippen molar-refractivity contribution in [3.8, 4) is 0 Å². The van der Waals surface area contributed by atoms with Crippen molar-refractivity contribution in [3.05, 3.63) is 52.7 Å². The Hall–Kier alpha value is -2.89. The number of rotatable bonds is 3. The normalized spacial score (nSPS) is 20.6. The number of nitrogens with zero attached hydrogens (tertiary/aromatic N) is 4. The first-order valence-corrected chi connectivity index (χ1v) is 11.6. The monoisotopic (exact) mass is 418 g/mol. The number of hydrogen-bond donors (Lipinski definition) is 0. The second-order valence-electron chi connectivity index (χ2n) is 8.97. The van der Waals surface area contributed by atoms with Gasteiger partial charge in [0.05, 0.1) is 5.56 Å². The SMILES string of the molecule is CCN1Cc2cc(N3CCCc4cc(C(=O)N5CCCC[C@H]5C)cnc43)ccc2C1=O. The number of anilines is 2. The molecule has 5 rings (SSSR count). The van der Waals surface area contributed by atoms with Crippen LogP contribution in [0.3, 0.4) is 0 Å². The molecule has 0 radical (unpaired) electrons. The van der Waals surface area contributed by atoms with Gasteiger partial charge in [0.1, 0.15) is 5.82 Å². The van der Waals surface area contributed by atoms with E-state index in [0.29, 0.717) is 18.2 Å². The van der Waals surface area contributed by atoms with Crippen LogP contribution in [0.2, 0.25) is 0 Å². The van der Waals surface area contributed by atoms with Crippen molar-refractivity contribution in [1.29, 1.82) is 0 Å². The van der Waals surface area contributed by atoms with Gasteiger partial charge in [-0.3, -0.25) is 9.59 Å². The maximum atomic E-state index is 13.1. The predicted molar refractivity (Wildman–Crippen MR) is 121 cm³/mol. The van der Waals surface area contributed by atoms with Crippen molar-refractivity contribution < 1.29 is 9.59 Å². The van der Waals surface area contributed by atoms with Gasteiger partial charge in [-0.25, -0.2) is 4.98 Å². The zero-order valence-electron chi connectivity index (χ0n) is 18.4. The van der Waals surface area contributed by atoms with Crippen molar-refractivity contribution in [3.63, 3.8) is 0 Å². The van der Waals surface area contributed by atoms with Gasteiger partial charge in [0.25, 0.3) is 11.8 Å². The maximum Gasteiger partial charge on any atom is 0.255 e. The molecule has 1 aromatic heterocycles. The number of carbonyl (C=O) groups is 2. The van der Waals surface area contributed by atoms with Crippen LogP contribution in [0.25, 0.3) is 0 Å². The fourth-order valence-corrected chi connectivity index (χ4v) is 5.19. The first-order valence-electron chi connectivity index (χ1n) is 11.6. The Bertz CT molecular complexity index is 1030. The highest BCUT2D eigenvalue weighted by molar-refractivity contribution is 5.99. The number of piperidine rings is 1. The number of likely N-dealkylation sites (tertiary alicyclic amines) is 1. The van der Waals surface area contributed by atoms with Gasteiger partial charge >= 0.3 is 0 Å². The van der Waals surface area contributed by atoms with E-state index in [1.54, 1.807) is 6.20 Å². The van der Waals surface area contributed by atoms with E-state index in [1.165, 1.54) is 6.42 Å². The van der Waals surface area contributed by atoms with Crippen molar-refractivity contribution in [2.45, 2.75) is 58.5 Å². The highest BCUT2D eigenvalue weighted by atomic mass is 16.2. The summed E-state index contributed by atoms with van der Waals surface area (Å²) < 4.78 is 0. The van der Waals surface area contributed by atoms with Crippen LogP contribution in [-0.4, -0.2) is 52.3 Å². The van der Waals surface area contributed by atoms with Crippen LogP contribution in [0.5, 0.6) is 0 Å². The zero-order chi connectivity index (χ0) is 21.5. The average molecular weight is 419 g/mol. The lowest BCUT2D eigenvalue weighted by atomic mass is 10.00. The van der Waals surface area contributed by atoms with Crippen molar-refractivity contribution in [1.82, 2.24) is 14.8 Å². The molecule has 0 bridgehead atoms. The molecular formula is C25H30N4O2. The summed E-state index contributed by atoms with van der Waals surface area (Å²) in [5.41, 5.74) is 4.80. The van der Waals surface area contributed by atoms with Crippen molar-refractivity contribution in [2.75, 3.05) is 24.5 Å². The van der Waals surface area contributed by atoms with Gasteiger partial charge in [0.15, 0.2) is 0 Å². The lowest BCUT2D eigenvalue weighted by Crippen LogP contribution is -2.42. The molecule has 31 heavy (non-hydrogen) atoms. The summed E-state index contributed by atoms with van der Waals surface area (Å²) in [6.45, 7) is 7.28. The summed E-state index contributed by atoms with van der Waals surface area (Å²) >= 11 is 0. The summed E-state index contributed by atoms with van der Waals surface area (Å²) in [5, 5.41) is 0. The second kappa shape index (κ2) is 7.98. The first kappa shape index (κ1) is 20.0. The van der Waals surface area contributed by atoms with Crippen LogP contribution >= 0.6 is 0 Å². The van der Waals surface area contributed by atoms with E-state index in [9.17, 15) is 9.59 Å². The number of hydrogen-bond acceptors (Lipinski definition) is 4. The van der Waals surface area contributed by atoms with Crippen LogP contribution < -0.4 is 4.90 Å². The molecular weight excluding hydrogens is 388 g/mol. The van der Waals surface area contributed by atoms with E-state index in [-0.39, 0.29) is 11.8 Å². The third kappa shape index (κ3) is 3.48. The minimum absolute atomic E-state index is 0.107. The van der Waals surface area contributed by atoms with E-state index in [2.05, 4.69) is 17.9 Å². The van der Waals surface area contributed by atoms with Gasteiger partial charge < -0.3 is 14.7 Å². The maximum absolute atomic E-state index is 13.1. The number of aryl methyl sites for hydroxylation is 1. The van der Waals surface area contributed by atoms with Gasteiger partial charge in [-0.1, -0.05) is 0 Å². The first-order chi connectivity index (χ1) is 15.1. The fourth-order valence-electron chi connectivity index (χ4n) is 5.19. The van der Waals surface area contributed by atoms with E-state index in [0.717, 1.165) is 73.5 Å². The summed E-state index contributed by atoms with van der Waals surface area (Å²) in [7, 11) is 0. The van der Waals surface area contributed by atoms with Crippen LogP contribution in [0.4, 0.5) is 11.5 Å². The predicted octanol–water partition coefficient (Wildman–Crippen LogP) is 4.16. The number of aromatic nitrogens is 1. The third-order valence-electron chi connectivity index (χ3n) is 7.00. The van der Waals surface area contributed by atoms with Gasteiger partial charge in [0.2, 0.25) is 0 Å². The molecule has 1 atom stereocenters. The molecule has 0 N–H and O–H groups in total. The largest absolute Gasteiger partial charge is 0.336 e. The van der Waals surface area contributed by atoms with E-state index >= 15 is 0 Å². The lowest BCUT2D eigenvalue weighted by Gasteiger charge is -2.34. The molecule has 1 aromatic carbocycles. The molecule has 6 heteroatoms. The number of fused-ring (bicyclic) bond motifs is 2. The topological polar surface area (TPSA) is 56.8 Å². The summed E-state index contributed by atoms with van der Waals surface area (Å²) in [6.07, 6.45) is 7.06. The van der Waals surface area contributed by atoms with Crippen LogP contribution in [0.1, 0.15) is 71.4 Å². The quantitative estimate of drug-likeness (QED) is 0.751. The number of amides is 2. The molecule has 2 aromatic rings. The molecule has 2 amide bonds. The molecule has 0 unspecified atom stereocenters. The smallest absolute Gasteiger partial charge is 0.255 e.